The van der Waals surface area contributed by atoms with E-state index >= 15 is 4.79 Å². The number of aliphatic hydroxyl groups excluding tert-OH is 2. The highest BCUT2D eigenvalue weighted by molar-refractivity contribution is 6.73. The number of aliphatic hydroxyl groups is 3. The van der Waals surface area contributed by atoms with Crippen LogP contribution in [0.25, 0.3) is 0 Å². The third kappa shape index (κ3) is 3.84. The number of esters is 2. The van der Waals surface area contributed by atoms with Crippen molar-refractivity contribution in [2.45, 2.75) is 128 Å². The molecule has 1 aromatic carbocycles. The molecule has 0 amide bonds. The van der Waals surface area contributed by atoms with Gasteiger partial charge in [0.05, 0.1) is 41.1 Å². The van der Waals surface area contributed by atoms with Gasteiger partial charge < -0.3 is 34.0 Å². The second-order valence-corrected chi connectivity index (χ2v) is 19.4. The maximum atomic E-state index is 15.0. The molecule has 5 aliphatic rings. The molecule has 3 saturated carbocycles. The Morgan fingerprint density at radius 1 is 1.07 bits per heavy atom. The average Bonchev–Trinajstić information content (AvgIpc) is 3.43. The Morgan fingerprint density at radius 2 is 1.72 bits per heavy atom. The molecule has 6 rings (SSSR count). The summed E-state index contributed by atoms with van der Waals surface area (Å²) in [5.41, 5.74) is -6.87. The maximum Gasteiger partial charge on any atom is 0.338 e. The number of ether oxygens (including phenoxy) is 3. The van der Waals surface area contributed by atoms with Gasteiger partial charge in [0, 0.05) is 19.8 Å². The maximum absolute atomic E-state index is 15.0. The van der Waals surface area contributed by atoms with Crippen LogP contribution in [0.2, 0.25) is 18.1 Å². The number of rotatable bonds is 8. The van der Waals surface area contributed by atoms with E-state index in [2.05, 4.69) is 20.8 Å². The monoisotopic (exact) mass is 656 g/mol. The summed E-state index contributed by atoms with van der Waals surface area (Å²) in [6.45, 7) is 14.3. The molecular weight excluding hydrogens is 608 g/mol. The van der Waals surface area contributed by atoms with Crippen LogP contribution in [0.4, 0.5) is 0 Å². The van der Waals surface area contributed by atoms with Gasteiger partial charge in [-0.15, -0.1) is 0 Å². The average molecular weight is 657 g/mol. The molecular formula is C35H48O10Si. The summed E-state index contributed by atoms with van der Waals surface area (Å²) >= 11 is 0. The van der Waals surface area contributed by atoms with E-state index in [0.29, 0.717) is 5.57 Å². The molecule has 3 N–H and O–H groups in total. The Balaban J connectivity index is 1.67. The molecule has 4 aliphatic carbocycles. The molecule has 1 aliphatic heterocycles. The van der Waals surface area contributed by atoms with Crippen molar-refractivity contribution in [2.75, 3.05) is 6.61 Å². The Labute approximate surface area is 271 Å². The van der Waals surface area contributed by atoms with E-state index in [1.54, 1.807) is 39.0 Å². The van der Waals surface area contributed by atoms with Crippen molar-refractivity contribution in [3.8, 4) is 0 Å². The summed E-state index contributed by atoms with van der Waals surface area (Å²) in [5, 5.41) is 36.3. The first kappa shape index (κ1) is 33.5. The Morgan fingerprint density at radius 3 is 2.26 bits per heavy atom. The van der Waals surface area contributed by atoms with Crippen molar-refractivity contribution in [1.29, 1.82) is 0 Å². The summed E-state index contributed by atoms with van der Waals surface area (Å²) in [6, 6.07) is 9.25. The summed E-state index contributed by atoms with van der Waals surface area (Å²) in [6.07, 6.45) is -4.47. The van der Waals surface area contributed by atoms with Crippen LogP contribution in [0.3, 0.4) is 0 Å². The standard InChI is InChI=1S/C35H48O10Si/c1-9-46(10-2,11-3)45-24-16-25-33(18-42-25,43-21(6)36)30-31(24,7)28(39)27(38)26-20(5)23(37)17-34(41)32(26,8)35(30,34)44-29(40)22-14-12-13-19(4)15-22/h12-15,23-25,27,30,37-38,41H,9-11,16-18H2,1-8H3/t23-,24-,25+,27+,30?,31-,32-,33-,34-,35-/m0/s1. The predicted molar refractivity (Wildman–Crippen MR) is 169 cm³/mol. The normalized spacial score (nSPS) is 42.6. The molecule has 46 heavy (non-hydrogen) atoms. The second-order valence-electron chi connectivity index (χ2n) is 14.7. The van der Waals surface area contributed by atoms with Crippen molar-refractivity contribution in [2.24, 2.45) is 16.7 Å². The third-order valence-electron chi connectivity index (χ3n) is 12.9. The van der Waals surface area contributed by atoms with Crippen molar-refractivity contribution in [3.63, 3.8) is 0 Å². The molecule has 1 heterocycles. The molecule has 10 nitrogen and oxygen atoms in total. The quantitative estimate of drug-likeness (QED) is 0.214. The van der Waals surface area contributed by atoms with Gasteiger partial charge in [0.25, 0.3) is 0 Å². The number of Topliss-reactive ketones (excluding diaryl/α,β-unsaturated/α-hetero) is 1. The number of fused-ring (bicyclic) bond motifs is 5. The van der Waals surface area contributed by atoms with Crippen LogP contribution in [0.1, 0.15) is 77.2 Å². The molecule has 1 saturated heterocycles. The first-order valence-electron chi connectivity index (χ1n) is 16.6. The van der Waals surface area contributed by atoms with Crippen LogP contribution in [0.15, 0.2) is 35.4 Å². The Bertz CT molecular complexity index is 1510. The van der Waals surface area contributed by atoms with E-state index in [0.717, 1.165) is 23.7 Å². The minimum Gasteiger partial charge on any atom is -0.453 e. The molecule has 4 fully saturated rings. The van der Waals surface area contributed by atoms with E-state index in [9.17, 15) is 24.9 Å². The van der Waals surface area contributed by atoms with E-state index in [4.69, 9.17) is 18.6 Å². The lowest BCUT2D eigenvalue weighted by Gasteiger charge is -2.64. The summed E-state index contributed by atoms with van der Waals surface area (Å²) in [5.74, 6) is -3.11. The van der Waals surface area contributed by atoms with Gasteiger partial charge in [-0.3, -0.25) is 9.59 Å². The van der Waals surface area contributed by atoms with Gasteiger partial charge in [-0.05, 0) is 69.1 Å². The number of carbonyl (C=O) groups is 3. The van der Waals surface area contributed by atoms with E-state index in [-0.39, 0.29) is 30.6 Å². The zero-order valence-electron chi connectivity index (χ0n) is 28.1. The fourth-order valence-electron chi connectivity index (χ4n) is 10.2. The highest BCUT2D eigenvalue weighted by Gasteiger charge is 2.99. The highest BCUT2D eigenvalue weighted by atomic mass is 28.4. The first-order chi connectivity index (χ1) is 21.5. The molecule has 11 heteroatoms. The SMILES string of the molecule is CC[Si](CC)(CC)O[C@H]1C[C@H]2OC[C@@]2(OC(C)=O)C2[C@@]3(OC(=O)c4cccc(C)c4)[C@]4(O)C[C@H](O)C(C)=C([C@@H](O)C(=O)[C@@]21C)[C@@]43C. The first-order valence-corrected chi connectivity index (χ1v) is 19.2. The minimum atomic E-state index is -2.41. The van der Waals surface area contributed by atoms with Crippen LogP contribution in [-0.4, -0.2) is 89.2 Å². The minimum absolute atomic E-state index is 0.0952. The number of carbonyl (C=O) groups excluding carboxylic acids is 3. The van der Waals surface area contributed by atoms with Gasteiger partial charge in [0.15, 0.2) is 25.3 Å². The van der Waals surface area contributed by atoms with Crippen LogP contribution in [0.5, 0.6) is 0 Å². The van der Waals surface area contributed by atoms with Crippen molar-refractivity contribution >= 4 is 26.0 Å². The highest BCUT2D eigenvalue weighted by Crippen LogP contribution is 2.84. The van der Waals surface area contributed by atoms with Gasteiger partial charge in [0.2, 0.25) is 0 Å². The summed E-state index contributed by atoms with van der Waals surface area (Å²) < 4.78 is 26.1. The van der Waals surface area contributed by atoms with Crippen molar-refractivity contribution in [3.05, 3.63) is 46.5 Å². The van der Waals surface area contributed by atoms with Gasteiger partial charge in [-0.1, -0.05) is 38.5 Å². The molecule has 0 aromatic heterocycles. The van der Waals surface area contributed by atoms with Crippen molar-refractivity contribution in [1.82, 2.24) is 0 Å². The molecule has 252 valence electrons. The van der Waals surface area contributed by atoms with Gasteiger partial charge >= 0.3 is 11.9 Å². The number of benzene rings is 1. The fourth-order valence-corrected chi connectivity index (χ4v) is 13.2. The number of ketones is 1. The lowest BCUT2D eigenvalue weighted by Crippen LogP contribution is -2.79. The van der Waals surface area contributed by atoms with Gasteiger partial charge in [-0.25, -0.2) is 4.79 Å². The van der Waals surface area contributed by atoms with Crippen LogP contribution < -0.4 is 0 Å². The molecule has 10 atom stereocenters. The molecule has 1 aromatic rings. The largest absolute Gasteiger partial charge is 0.453 e. The lowest BCUT2D eigenvalue weighted by atomic mass is 9.51. The predicted octanol–water partition coefficient (Wildman–Crippen LogP) is 3.78. The van der Waals surface area contributed by atoms with Crippen molar-refractivity contribution < 1.29 is 48.3 Å². The Hall–Kier alpha value is -2.41. The Kier molecular flexibility index (Phi) is 7.67. The van der Waals surface area contributed by atoms with Gasteiger partial charge in [-0.2, -0.15) is 0 Å². The molecule has 0 radical (unpaired) electrons. The number of hydrogen-bond donors (Lipinski definition) is 3. The number of hydrogen-bond acceptors (Lipinski definition) is 10. The fraction of sp³-hybridized carbons (Fsp3) is 0.686. The smallest absolute Gasteiger partial charge is 0.338 e. The van der Waals surface area contributed by atoms with E-state index in [1.165, 1.54) is 6.92 Å². The number of aryl methyl sites for hydroxylation is 1. The lowest BCUT2D eigenvalue weighted by molar-refractivity contribution is -0.335. The van der Waals surface area contributed by atoms with E-state index < -0.39 is 84.0 Å². The summed E-state index contributed by atoms with van der Waals surface area (Å²) in [7, 11) is -2.41. The van der Waals surface area contributed by atoms with Gasteiger partial charge in [0.1, 0.15) is 17.8 Å². The zero-order valence-corrected chi connectivity index (χ0v) is 29.1. The van der Waals surface area contributed by atoms with Crippen LogP contribution in [-0.2, 0) is 28.2 Å². The third-order valence-corrected chi connectivity index (χ3v) is 17.6. The molecule has 1 unspecified atom stereocenters. The summed E-state index contributed by atoms with van der Waals surface area (Å²) in [4.78, 5) is 42.2. The van der Waals surface area contributed by atoms with Crippen LogP contribution in [0, 0.1) is 23.7 Å². The molecule has 0 spiro atoms. The second kappa shape index (κ2) is 10.5. The van der Waals surface area contributed by atoms with E-state index in [1.807, 2.05) is 13.0 Å². The topological polar surface area (TPSA) is 149 Å². The van der Waals surface area contributed by atoms with Crippen LogP contribution >= 0.6 is 0 Å². The molecule has 0 bridgehead atoms. The zero-order chi connectivity index (χ0) is 33.8.